The van der Waals surface area contributed by atoms with Gasteiger partial charge in [-0.1, -0.05) is 60.1 Å². The summed E-state index contributed by atoms with van der Waals surface area (Å²) in [6.07, 6.45) is 3.78. The molecule has 0 amide bonds. The lowest BCUT2D eigenvalue weighted by molar-refractivity contribution is 0.827. The predicted octanol–water partition coefficient (Wildman–Crippen LogP) is 10.1. The highest BCUT2D eigenvalue weighted by Gasteiger charge is 2.10. The van der Waals surface area contributed by atoms with E-state index in [-0.39, 0.29) is 0 Å². The van der Waals surface area contributed by atoms with Crippen LogP contribution in [0.2, 0.25) is 5.02 Å². The lowest BCUT2D eigenvalue weighted by atomic mass is 10.1. The van der Waals surface area contributed by atoms with E-state index in [4.69, 9.17) is 21.6 Å². The number of rotatable bonds is 6. The molecule has 0 saturated carbocycles. The molecule has 0 unspecified atom stereocenters. The fourth-order valence-electron chi connectivity index (χ4n) is 5.96. The highest BCUT2D eigenvalue weighted by molar-refractivity contribution is 6.33. The summed E-state index contributed by atoms with van der Waals surface area (Å²) in [6.45, 7) is 6.23. The summed E-state index contributed by atoms with van der Waals surface area (Å²) in [5, 5.41) is 5.57. The number of para-hydroxylation sites is 2. The zero-order valence-electron chi connectivity index (χ0n) is 23.1. The molecule has 0 radical (unpaired) electrons. The molecule has 7 aromatic rings. The number of halogens is 1. The Hall–Kier alpha value is -4.67. The van der Waals surface area contributed by atoms with Crippen LogP contribution in [0.25, 0.3) is 43.6 Å². The molecule has 0 aliphatic rings. The van der Waals surface area contributed by atoms with E-state index in [1.807, 2.05) is 30.6 Å². The number of aryl methyl sites for hydroxylation is 2. The molecule has 0 fully saturated rings. The van der Waals surface area contributed by atoms with Crippen LogP contribution in [0.5, 0.6) is 0 Å². The molecule has 0 atom stereocenters. The monoisotopic (exact) mass is 552 g/mol. The first-order valence-electron chi connectivity index (χ1n) is 14.0. The van der Waals surface area contributed by atoms with Crippen LogP contribution >= 0.6 is 11.6 Å². The van der Waals surface area contributed by atoms with E-state index >= 15 is 0 Å². The minimum atomic E-state index is 0.570. The smallest absolute Gasteiger partial charge is 0.0817 e. The molecule has 5 heteroatoms. The highest BCUT2D eigenvalue weighted by Crippen LogP contribution is 2.32. The topological polar surface area (TPSA) is 34.6 Å². The van der Waals surface area contributed by atoms with Crippen molar-refractivity contribution in [1.82, 2.24) is 9.13 Å². The highest BCUT2D eigenvalue weighted by atomic mass is 35.5. The summed E-state index contributed by atoms with van der Waals surface area (Å²) >= 11 is 6.64. The van der Waals surface area contributed by atoms with E-state index in [1.165, 1.54) is 43.6 Å². The minimum absolute atomic E-state index is 0.570. The summed E-state index contributed by atoms with van der Waals surface area (Å²) in [6, 6.07) is 35.8. The van der Waals surface area contributed by atoms with Gasteiger partial charge >= 0.3 is 0 Å². The van der Waals surface area contributed by atoms with Crippen LogP contribution in [0, 0.1) is 0 Å². The molecule has 0 spiro atoms. The molecule has 0 aliphatic heterocycles. The van der Waals surface area contributed by atoms with Gasteiger partial charge in [-0.2, -0.15) is 0 Å². The number of aromatic nitrogens is 2. The van der Waals surface area contributed by atoms with Crippen LogP contribution in [0.15, 0.2) is 113 Å². The van der Waals surface area contributed by atoms with Gasteiger partial charge in [0.2, 0.25) is 0 Å². The number of aliphatic imine (C=N–C) groups is 2. The molecular formula is C36H29ClN4. The van der Waals surface area contributed by atoms with Crippen molar-refractivity contribution in [3.63, 3.8) is 0 Å². The SMILES string of the molecule is CCn1c2ccccc2c2cc(C=Nc3ccc(N=Cc4ccc5c(c4)c4ccccc4n5CC)c(Cl)c3)ccc21. The van der Waals surface area contributed by atoms with E-state index in [2.05, 4.69) is 108 Å². The summed E-state index contributed by atoms with van der Waals surface area (Å²) in [4.78, 5) is 9.42. The summed E-state index contributed by atoms with van der Waals surface area (Å²) < 4.78 is 4.70. The van der Waals surface area contributed by atoms with E-state index in [9.17, 15) is 0 Å². The van der Waals surface area contributed by atoms with Crippen LogP contribution in [0.4, 0.5) is 11.4 Å². The van der Waals surface area contributed by atoms with Gasteiger partial charge in [-0.05, 0) is 79.6 Å². The van der Waals surface area contributed by atoms with Gasteiger partial charge in [0.15, 0.2) is 0 Å². The number of nitrogens with zero attached hydrogens (tertiary/aromatic N) is 4. The van der Waals surface area contributed by atoms with E-state index < -0.39 is 0 Å². The van der Waals surface area contributed by atoms with Gasteiger partial charge in [-0.3, -0.25) is 9.98 Å². The first-order chi connectivity index (χ1) is 20.1. The Bertz CT molecular complexity index is 2140. The fraction of sp³-hybridized carbons (Fsp3) is 0.111. The average Bonchev–Trinajstić information content (AvgIpc) is 3.51. The third-order valence-electron chi connectivity index (χ3n) is 7.87. The van der Waals surface area contributed by atoms with Gasteiger partial charge in [0.05, 0.1) is 16.4 Å². The van der Waals surface area contributed by atoms with Crippen molar-refractivity contribution < 1.29 is 0 Å². The molecule has 0 bridgehead atoms. The van der Waals surface area contributed by atoms with Crippen molar-refractivity contribution >= 4 is 79.0 Å². The van der Waals surface area contributed by atoms with Crippen molar-refractivity contribution in [3.8, 4) is 0 Å². The minimum Gasteiger partial charge on any atom is -0.341 e. The first-order valence-corrected chi connectivity index (χ1v) is 14.4. The number of hydrogen-bond donors (Lipinski definition) is 0. The molecule has 0 N–H and O–H groups in total. The largest absolute Gasteiger partial charge is 0.341 e. The molecule has 41 heavy (non-hydrogen) atoms. The Labute approximate surface area is 243 Å². The lowest BCUT2D eigenvalue weighted by Crippen LogP contribution is -1.92. The molecule has 2 heterocycles. The van der Waals surface area contributed by atoms with Gasteiger partial charge in [0, 0.05) is 69.1 Å². The van der Waals surface area contributed by atoms with E-state index in [1.54, 1.807) is 0 Å². The maximum atomic E-state index is 6.64. The van der Waals surface area contributed by atoms with Gasteiger partial charge < -0.3 is 9.13 Å². The third-order valence-corrected chi connectivity index (χ3v) is 8.17. The quantitative estimate of drug-likeness (QED) is 0.184. The molecule has 0 aliphatic carbocycles. The Morgan fingerprint density at radius 2 is 1.07 bits per heavy atom. The summed E-state index contributed by atoms with van der Waals surface area (Å²) in [5.41, 5.74) is 8.59. The standard InChI is InChI=1S/C36H29ClN4/c1-3-40-33-11-7-5-9-27(33)29-19-24(13-17-35(29)40)22-38-26-15-16-32(31(37)21-26)39-23-25-14-18-36-30(20-25)28-10-6-8-12-34(28)41(36)4-2/h5-23H,3-4H2,1-2H3. The molecule has 5 aromatic carbocycles. The van der Waals surface area contributed by atoms with Crippen molar-refractivity contribution in [2.24, 2.45) is 9.98 Å². The predicted molar refractivity (Wildman–Crippen MR) is 176 cm³/mol. The van der Waals surface area contributed by atoms with Crippen molar-refractivity contribution in [2.75, 3.05) is 0 Å². The number of hydrogen-bond acceptors (Lipinski definition) is 2. The molecule has 4 nitrogen and oxygen atoms in total. The summed E-state index contributed by atoms with van der Waals surface area (Å²) in [7, 11) is 0. The van der Waals surface area contributed by atoms with Crippen molar-refractivity contribution in [2.45, 2.75) is 26.9 Å². The van der Waals surface area contributed by atoms with Gasteiger partial charge in [0.25, 0.3) is 0 Å². The molecule has 2 aromatic heterocycles. The Morgan fingerprint density at radius 3 is 1.61 bits per heavy atom. The van der Waals surface area contributed by atoms with Crippen molar-refractivity contribution in [3.05, 3.63) is 119 Å². The lowest BCUT2D eigenvalue weighted by Gasteiger charge is -2.03. The third kappa shape index (κ3) is 4.41. The molecule has 7 rings (SSSR count). The van der Waals surface area contributed by atoms with Crippen LogP contribution in [0.1, 0.15) is 25.0 Å². The van der Waals surface area contributed by atoms with Gasteiger partial charge in [-0.15, -0.1) is 0 Å². The second-order valence-corrected chi connectivity index (χ2v) is 10.6. The van der Waals surface area contributed by atoms with Crippen LogP contribution in [-0.2, 0) is 13.1 Å². The normalized spacial score (nSPS) is 12.3. The molecule has 200 valence electrons. The Kier molecular flexibility index (Phi) is 6.41. The number of benzene rings is 5. The number of fused-ring (bicyclic) bond motifs is 6. The van der Waals surface area contributed by atoms with Crippen LogP contribution < -0.4 is 0 Å². The Balaban J connectivity index is 1.15. The fourth-order valence-corrected chi connectivity index (χ4v) is 6.18. The van der Waals surface area contributed by atoms with Gasteiger partial charge in [0.1, 0.15) is 0 Å². The van der Waals surface area contributed by atoms with E-state index in [0.717, 1.165) is 35.6 Å². The Morgan fingerprint density at radius 1 is 0.561 bits per heavy atom. The molecule has 0 saturated heterocycles. The first kappa shape index (κ1) is 25.3. The van der Waals surface area contributed by atoms with Crippen LogP contribution in [-0.4, -0.2) is 21.6 Å². The van der Waals surface area contributed by atoms with Crippen molar-refractivity contribution in [1.29, 1.82) is 0 Å². The maximum absolute atomic E-state index is 6.64. The van der Waals surface area contributed by atoms with Gasteiger partial charge in [-0.25, -0.2) is 0 Å². The average molecular weight is 553 g/mol. The summed E-state index contributed by atoms with van der Waals surface area (Å²) in [5.74, 6) is 0. The maximum Gasteiger partial charge on any atom is 0.0817 e. The van der Waals surface area contributed by atoms with E-state index in [0.29, 0.717) is 5.02 Å². The second kappa shape index (κ2) is 10.4. The van der Waals surface area contributed by atoms with Crippen LogP contribution in [0.3, 0.4) is 0 Å². The second-order valence-electron chi connectivity index (χ2n) is 10.2. The molecular weight excluding hydrogens is 524 g/mol. The zero-order valence-corrected chi connectivity index (χ0v) is 23.8. The zero-order chi connectivity index (χ0) is 27.9.